The average Bonchev–Trinajstić information content (AvgIpc) is 2.89. The van der Waals surface area contributed by atoms with Gasteiger partial charge in [0.1, 0.15) is 15.7 Å². The molecule has 2 aliphatic heterocycles. The fourth-order valence-electron chi connectivity index (χ4n) is 3.38. The lowest BCUT2D eigenvalue weighted by atomic mass is 9.93. The van der Waals surface area contributed by atoms with Gasteiger partial charge in [0.25, 0.3) is 0 Å². The monoisotopic (exact) mass is 387 g/mol. The van der Waals surface area contributed by atoms with Gasteiger partial charge in [-0.05, 0) is 31.8 Å². The van der Waals surface area contributed by atoms with Crippen molar-refractivity contribution in [1.29, 1.82) is 0 Å². The van der Waals surface area contributed by atoms with Crippen molar-refractivity contribution < 1.29 is 9.47 Å². The van der Waals surface area contributed by atoms with E-state index in [1.165, 1.54) is 5.57 Å². The second kappa shape index (κ2) is 7.28. The van der Waals surface area contributed by atoms with E-state index in [0.717, 1.165) is 40.5 Å². The number of para-hydroxylation sites is 2. The zero-order chi connectivity index (χ0) is 18.1. The number of likely N-dealkylation sites (N-methyl/N-ethyl adjacent to an activating group) is 1. The Morgan fingerprint density at radius 1 is 1.08 bits per heavy atom. The molecule has 2 heterocycles. The molecule has 26 heavy (non-hydrogen) atoms. The summed E-state index contributed by atoms with van der Waals surface area (Å²) in [6.07, 6.45) is 0. The molecule has 0 fully saturated rings. The van der Waals surface area contributed by atoms with Crippen LogP contribution in [0.5, 0.6) is 11.5 Å². The lowest BCUT2D eigenvalue weighted by molar-refractivity contribution is 0.120. The molecule has 0 N–H and O–H groups in total. The molecule has 0 spiro atoms. The first-order valence-electron chi connectivity index (χ1n) is 8.74. The number of ether oxygens (including phenoxy) is 2. The van der Waals surface area contributed by atoms with E-state index in [1.807, 2.05) is 44.4 Å². The lowest BCUT2D eigenvalue weighted by Gasteiger charge is -2.26. The fraction of sp³-hybridized carbons (Fsp3) is 0.333. The van der Waals surface area contributed by atoms with Crippen LogP contribution in [0.4, 0.5) is 0 Å². The Morgan fingerprint density at radius 2 is 1.73 bits per heavy atom. The first-order chi connectivity index (χ1) is 12.6. The zero-order valence-corrected chi connectivity index (χ0v) is 16.6. The van der Waals surface area contributed by atoms with E-state index in [-0.39, 0.29) is 0 Å². The Labute approximate surface area is 163 Å². The number of nitrogens with zero attached hydrogens (tertiary/aromatic N) is 1. The molecule has 2 aromatic carbocycles. The highest BCUT2D eigenvalue weighted by atomic mass is 35.5. The van der Waals surface area contributed by atoms with Crippen LogP contribution < -0.4 is 4.74 Å². The summed E-state index contributed by atoms with van der Waals surface area (Å²) in [4.78, 5) is 2.11. The molecule has 0 bridgehead atoms. The first kappa shape index (κ1) is 17.9. The summed E-state index contributed by atoms with van der Waals surface area (Å²) >= 11 is 8.88. The minimum Gasteiger partial charge on any atom is -0.456 e. The first-order valence-corrected chi connectivity index (χ1v) is 10.1. The third kappa shape index (κ3) is 3.27. The highest BCUT2D eigenvalue weighted by Gasteiger charge is 2.44. The third-order valence-corrected chi connectivity index (χ3v) is 6.52. The van der Waals surface area contributed by atoms with Crippen molar-refractivity contribution in [3.8, 4) is 11.5 Å². The maximum absolute atomic E-state index is 7.14. The molecule has 0 aliphatic carbocycles. The molecule has 1 unspecified atom stereocenters. The fourth-order valence-corrected chi connectivity index (χ4v) is 5.06. The van der Waals surface area contributed by atoms with Crippen molar-refractivity contribution >= 4 is 34.5 Å². The number of thioether (sulfide) groups is 1. The van der Waals surface area contributed by atoms with Gasteiger partial charge in [-0.15, -0.1) is 11.8 Å². The SMILES string of the molecule is CN(C)CCOCC1(Cl)SCC2=C1c1ccccc1Oc1ccccc12. The van der Waals surface area contributed by atoms with E-state index in [4.69, 9.17) is 21.1 Å². The molecule has 136 valence electrons. The summed E-state index contributed by atoms with van der Waals surface area (Å²) in [5.41, 5.74) is 4.58. The van der Waals surface area contributed by atoms with Gasteiger partial charge in [0, 0.05) is 29.0 Å². The van der Waals surface area contributed by atoms with Gasteiger partial charge in [-0.25, -0.2) is 0 Å². The topological polar surface area (TPSA) is 21.7 Å². The summed E-state index contributed by atoms with van der Waals surface area (Å²) in [6, 6.07) is 16.3. The van der Waals surface area contributed by atoms with Crippen LogP contribution in [0, 0.1) is 0 Å². The standard InChI is InChI=1S/C21H22ClNO2S/c1-23(2)11-12-24-14-21(22)20-16-8-4-6-10-19(16)25-18-9-5-3-7-15(18)17(20)13-26-21/h3-10H,11-14H2,1-2H3. The number of benzene rings is 2. The smallest absolute Gasteiger partial charge is 0.139 e. The number of halogens is 1. The highest BCUT2D eigenvalue weighted by molar-refractivity contribution is 8.03. The molecule has 3 nitrogen and oxygen atoms in total. The van der Waals surface area contributed by atoms with Crippen LogP contribution in [-0.4, -0.2) is 48.7 Å². The molecule has 2 aromatic rings. The van der Waals surface area contributed by atoms with Gasteiger partial charge in [0.15, 0.2) is 0 Å². The predicted octanol–water partition coefficient (Wildman–Crippen LogP) is 4.96. The van der Waals surface area contributed by atoms with Crippen LogP contribution in [0.25, 0.3) is 11.1 Å². The molecule has 4 rings (SSSR count). The highest BCUT2D eigenvalue weighted by Crippen LogP contribution is 2.58. The number of hydrogen-bond acceptors (Lipinski definition) is 4. The second-order valence-corrected chi connectivity index (χ2v) is 8.96. The second-order valence-electron chi connectivity index (χ2n) is 6.82. The van der Waals surface area contributed by atoms with E-state index in [1.54, 1.807) is 11.8 Å². The Balaban J connectivity index is 1.74. The van der Waals surface area contributed by atoms with Gasteiger partial charge in [-0.3, -0.25) is 0 Å². The average molecular weight is 388 g/mol. The zero-order valence-electron chi connectivity index (χ0n) is 15.0. The Morgan fingerprint density at radius 3 is 2.46 bits per heavy atom. The lowest BCUT2D eigenvalue weighted by Crippen LogP contribution is -2.26. The summed E-state index contributed by atoms with van der Waals surface area (Å²) in [5, 5.41) is 0. The minimum absolute atomic E-state index is 0.475. The van der Waals surface area contributed by atoms with Crippen molar-refractivity contribution in [2.45, 2.75) is 4.21 Å². The van der Waals surface area contributed by atoms with E-state index >= 15 is 0 Å². The van der Waals surface area contributed by atoms with Gasteiger partial charge < -0.3 is 14.4 Å². The summed E-state index contributed by atoms with van der Waals surface area (Å²) in [7, 11) is 4.08. The Bertz CT molecular complexity index is 851. The predicted molar refractivity (Wildman–Crippen MR) is 110 cm³/mol. The molecule has 0 amide bonds. The summed E-state index contributed by atoms with van der Waals surface area (Å²) in [5.74, 6) is 2.59. The van der Waals surface area contributed by atoms with Gasteiger partial charge in [-0.2, -0.15) is 0 Å². The Hall–Kier alpha value is -1.46. The van der Waals surface area contributed by atoms with E-state index in [0.29, 0.717) is 13.2 Å². The number of rotatable bonds is 5. The van der Waals surface area contributed by atoms with Crippen LogP contribution in [0.1, 0.15) is 11.1 Å². The van der Waals surface area contributed by atoms with E-state index in [9.17, 15) is 0 Å². The maximum atomic E-state index is 7.14. The largest absolute Gasteiger partial charge is 0.456 e. The van der Waals surface area contributed by atoms with Crippen LogP contribution in [0.2, 0.25) is 0 Å². The van der Waals surface area contributed by atoms with Crippen molar-refractivity contribution in [2.24, 2.45) is 0 Å². The van der Waals surface area contributed by atoms with Gasteiger partial charge >= 0.3 is 0 Å². The normalized spacial score (nSPS) is 21.1. The molecule has 0 aromatic heterocycles. The number of hydrogen-bond donors (Lipinski definition) is 0. The molecule has 5 heteroatoms. The van der Waals surface area contributed by atoms with E-state index < -0.39 is 4.21 Å². The summed E-state index contributed by atoms with van der Waals surface area (Å²) < 4.78 is 11.6. The van der Waals surface area contributed by atoms with Gasteiger partial charge in [0.2, 0.25) is 0 Å². The van der Waals surface area contributed by atoms with Crippen molar-refractivity contribution in [2.75, 3.05) is 39.6 Å². The van der Waals surface area contributed by atoms with Crippen LogP contribution in [-0.2, 0) is 4.74 Å². The van der Waals surface area contributed by atoms with Crippen LogP contribution >= 0.6 is 23.4 Å². The Kier molecular flexibility index (Phi) is 5.02. The molecule has 2 aliphatic rings. The molecule has 0 saturated carbocycles. The van der Waals surface area contributed by atoms with Crippen LogP contribution in [0.3, 0.4) is 0 Å². The minimum atomic E-state index is -0.599. The maximum Gasteiger partial charge on any atom is 0.139 e. The third-order valence-electron chi connectivity index (χ3n) is 4.68. The van der Waals surface area contributed by atoms with Crippen LogP contribution in [0.15, 0.2) is 48.5 Å². The van der Waals surface area contributed by atoms with E-state index in [2.05, 4.69) is 23.1 Å². The van der Waals surface area contributed by atoms with Crippen molar-refractivity contribution in [1.82, 2.24) is 4.90 Å². The molecular weight excluding hydrogens is 366 g/mol. The van der Waals surface area contributed by atoms with Crippen molar-refractivity contribution in [3.05, 3.63) is 59.7 Å². The molecule has 0 radical (unpaired) electrons. The molecule has 0 saturated heterocycles. The summed E-state index contributed by atoms with van der Waals surface area (Å²) in [6.45, 7) is 2.02. The van der Waals surface area contributed by atoms with Gasteiger partial charge in [0.05, 0.1) is 13.2 Å². The molecular formula is C21H22ClNO2S. The number of fused-ring (bicyclic) bond motifs is 4. The van der Waals surface area contributed by atoms with Gasteiger partial charge in [-0.1, -0.05) is 48.0 Å². The number of alkyl halides is 1. The molecule has 1 atom stereocenters. The quantitative estimate of drug-likeness (QED) is 0.533. The van der Waals surface area contributed by atoms with Crippen molar-refractivity contribution in [3.63, 3.8) is 0 Å².